The summed E-state index contributed by atoms with van der Waals surface area (Å²) in [4.78, 5) is 196. The van der Waals surface area contributed by atoms with E-state index in [0.29, 0.717) is 32.1 Å². The Morgan fingerprint density at radius 3 is 1.86 bits per heavy atom. The van der Waals surface area contributed by atoms with Gasteiger partial charge in [0, 0.05) is 103 Å². The Morgan fingerprint density at radius 1 is 0.631 bits per heavy atom. The predicted octanol–water partition coefficient (Wildman–Crippen LogP) is 6.19. The Morgan fingerprint density at radius 2 is 1.29 bits per heavy atom. The number of nitrogens with one attached hydrogen (secondary N) is 2. The number of hydrogen-bond donors (Lipinski definition) is 2. The fraction of sp³-hybridized carbons (Fsp3) is 0.821. The van der Waals surface area contributed by atoms with Gasteiger partial charge in [-0.25, -0.2) is 0 Å². The van der Waals surface area contributed by atoms with Crippen LogP contribution in [0.5, 0.6) is 0 Å². The molecule has 3 saturated heterocycles. The highest BCUT2D eigenvalue weighted by Gasteiger charge is 2.57. The maximum Gasteiger partial charge on any atom is 0.394 e. The van der Waals surface area contributed by atoms with E-state index in [-0.39, 0.29) is 142 Å². The normalized spacial score (nSPS) is 31.1. The number of rotatable bonds is 17. The molecule has 3 unspecified atom stereocenters. The number of carbonyl (C=O) groups excluding carboxylic acids is 12. The lowest BCUT2D eigenvalue weighted by Crippen LogP contribution is -2.68. The summed E-state index contributed by atoms with van der Waals surface area (Å²) < 4.78 is 103. The summed E-state index contributed by atoms with van der Waals surface area (Å²) in [5.41, 5.74) is -1.62. The molecule has 0 aromatic heterocycles. The summed E-state index contributed by atoms with van der Waals surface area (Å²) in [6, 6.07) is -12.4. The molecule has 4 heterocycles. The average Bonchev–Trinajstić information content (AvgIpc) is 1.50. The minimum Gasteiger partial charge on any atom is -0.381 e. The van der Waals surface area contributed by atoms with Crippen LogP contribution in [0.2, 0.25) is 0 Å². The van der Waals surface area contributed by atoms with E-state index in [2.05, 4.69) is 10.6 Å². The van der Waals surface area contributed by atoms with Gasteiger partial charge >= 0.3 is 12.4 Å². The van der Waals surface area contributed by atoms with Crippen LogP contribution in [0.4, 0.5) is 26.3 Å². The second kappa shape index (κ2) is 39.7. The number of carbonyl (C=O) groups is 12. The molecular formula is C78H124F6N12O15. The second-order valence-corrected chi connectivity index (χ2v) is 32.2. The van der Waals surface area contributed by atoms with Gasteiger partial charge < -0.3 is 73.8 Å². The third-order valence-electron chi connectivity index (χ3n) is 25.3. The Bertz CT molecular complexity index is 3300. The molecule has 3 saturated carbocycles. The molecule has 7 rings (SSSR count). The molecule has 3 aliphatic carbocycles. The van der Waals surface area contributed by atoms with Crippen LogP contribution in [0, 0.1) is 35.5 Å². The maximum absolute atomic E-state index is 15.8. The molecule has 14 atom stereocenters. The van der Waals surface area contributed by atoms with Crippen molar-refractivity contribution in [3.8, 4) is 0 Å². The standard InChI is InChI=1S/C78H124F6N12O15/c1-16-47(6)64-73(106)94-39-24-27-56(94)70(103)90(11)55-26-22-21-23-38-95(72(55)105)58(40-48-28-32-51(33-29-48)77(79,80)81)69(102)88(9)45-62(97)85-54(35-31-49-30-34-53(78(82,83)84)61(41-49)109-15)67(100)96-44-52(111-20-5)42-59(96)71(104)93(14)76(36-25-37-76)75(108)92(13)65(50(17-2)18-3)74(107)91(12)57(68(101)87(7)8)43-63(98)89(10)60(46-110-19-4)66(99)86-64/h21-22,47-61,64-65H,16-20,23-46H2,1-15H3,(H,85,97)(H,86,99)/b22-21-/t47-,48?,49?,51?,52+,53?,54-,55-,56-,57-,58-,59-,60-,61?,64-,65-/m0/s1. The summed E-state index contributed by atoms with van der Waals surface area (Å²) in [7, 11) is 12.3. The first-order chi connectivity index (χ1) is 52.3. The van der Waals surface area contributed by atoms with Gasteiger partial charge in [0.2, 0.25) is 70.9 Å². The van der Waals surface area contributed by atoms with Crippen LogP contribution >= 0.6 is 0 Å². The fourth-order valence-corrected chi connectivity index (χ4v) is 17.8. The number of nitrogens with zero attached hydrogens (tertiary/aromatic N) is 10. The number of amides is 12. The quantitative estimate of drug-likeness (QED) is 0.121. The number of fused-ring (bicyclic) bond motifs is 4. The highest BCUT2D eigenvalue weighted by molar-refractivity contribution is 6.01. The van der Waals surface area contributed by atoms with Crippen molar-refractivity contribution in [1.29, 1.82) is 0 Å². The molecule has 12 amide bonds. The van der Waals surface area contributed by atoms with Gasteiger partial charge in [0.05, 0.1) is 43.6 Å². The van der Waals surface area contributed by atoms with Crippen LogP contribution in [0.15, 0.2) is 12.2 Å². The predicted molar refractivity (Wildman–Crippen MR) is 398 cm³/mol. The smallest absolute Gasteiger partial charge is 0.381 e. The minimum atomic E-state index is -4.57. The van der Waals surface area contributed by atoms with Gasteiger partial charge in [-0.2, -0.15) is 26.3 Å². The highest BCUT2D eigenvalue weighted by atomic mass is 19.4. The van der Waals surface area contributed by atoms with E-state index >= 15 is 38.4 Å². The molecule has 1 spiro atoms. The number of halogens is 6. The Hall–Kier alpha value is -7.16. The average molecular weight is 1580 g/mol. The topological polar surface area (TPSA) is 289 Å². The number of likely N-dealkylation sites (N-methyl/N-ethyl adjacent to an activating group) is 7. The van der Waals surface area contributed by atoms with Crippen molar-refractivity contribution in [1.82, 2.24) is 59.6 Å². The number of hydrogen-bond acceptors (Lipinski definition) is 15. The summed E-state index contributed by atoms with van der Waals surface area (Å²) in [5, 5.41) is 5.69. The van der Waals surface area contributed by atoms with E-state index in [4.69, 9.17) is 14.2 Å². The lowest BCUT2D eigenvalue weighted by Gasteiger charge is -2.51. The fourth-order valence-electron chi connectivity index (χ4n) is 17.8. The lowest BCUT2D eigenvalue weighted by molar-refractivity contribution is -0.215. The molecule has 4 aliphatic heterocycles. The number of methoxy groups -OCH3 is 1. The summed E-state index contributed by atoms with van der Waals surface area (Å²) in [6.07, 6.45) is -7.00. The van der Waals surface area contributed by atoms with Crippen molar-refractivity contribution in [3.63, 3.8) is 0 Å². The molecule has 628 valence electrons. The van der Waals surface area contributed by atoms with Crippen molar-refractivity contribution in [2.75, 3.05) is 109 Å². The number of alkyl halides is 6. The molecule has 2 N–H and O–H groups in total. The molecule has 2 bridgehead atoms. The minimum absolute atomic E-state index is 0.0336. The maximum atomic E-state index is 15.8. The van der Waals surface area contributed by atoms with Gasteiger partial charge in [-0.3, -0.25) is 57.5 Å². The van der Waals surface area contributed by atoms with Gasteiger partial charge in [0.25, 0.3) is 0 Å². The first-order valence-corrected chi connectivity index (χ1v) is 40.1. The largest absolute Gasteiger partial charge is 0.394 e. The van der Waals surface area contributed by atoms with E-state index in [1.54, 1.807) is 39.8 Å². The monoisotopic (exact) mass is 1580 g/mol. The van der Waals surface area contributed by atoms with Gasteiger partial charge in [-0.1, -0.05) is 59.1 Å². The van der Waals surface area contributed by atoms with Crippen LogP contribution in [0.1, 0.15) is 183 Å². The van der Waals surface area contributed by atoms with Crippen molar-refractivity contribution >= 4 is 70.9 Å². The lowest BCUT2D eigenvalue weighted by atomic mass is 9.73. The van der Waals surface area contributed by atoms with Gasteiger partial charge in [-0.15, -0.1) is 0 Å². The SMILES string of the molecule is CCOC[C@H]1C(=O)N[C@@H]([C@@H](C)CC)C(=O)N2CCC[C@H]2C(=O)N(C)[C@H]2C/C=C\CCN(C2=O)[C@@H](CC2CCC(C(F)(F)F)CC2)C(=O)N(C)CC(=O)N[C@@H](CCC2CCC(C(F)(F)F)C(OC)C2)C(=O)N2C[C@H](OCC)C[C@H]2C(=O)N(C)C2(CCC2)C(=O)N(C)[C@@H](C(CC)CC)C(=O)N(C)[C@H](C(=O)N(C)C)CC(=O)N1C. The Balaban J connectivity index is 1.36. The molecule has 0 radical (unpaired) electrons. The van der Waals surface area contributed by atoms with Gasteiger partial charge in [0.15, 0.2) is 0 Å². The first kappa shape index (κ1) is 91.0. The van der Waals surface area contributed by atoms with Crippen molar-refractivity contribution in [2.45, 2.75) is 267 Å². The second-order valence-electron chi connectivity index (χ2n) is 32.2. The van der Waals surface area contributed by atoms with E-state index in [0.717, 1.165) is 14.7 Å². The van der Waals surface area contributed by atoms with Crippen molar-refractivity contribution in [2.24, 2.45) is 35.5 Å². The Labute approximate surface area is 650 Å². The molecule has 6 fully saturated rings. The molecule has 7 aliphatic rings. The summed E-state index contributed by atoms with van der Waals surface area (Å²) in [6.45, 7) is 9.39. The van der Waals surface area contributed by atoms with Gasteiger partial charge in [-0.05, 0) is 147 Å². The zero-order valence-electron chi connectivity index (χ0n) is 67.8. The number of ether oxygens (including phenoxy) is 3. The summed E-state index contributed by atoms with van der Waals surface area (Å²) in [5.74, 6) is -14.3. The van der Waals surface area contributed by atoms with E-state index in [1.807, 2.05) is 13.8 Å². The highest BCUT2D eigenvalue weighted by Crippen LogP contribution is 2.45. The zero-order chi connectivity index (χ0) is 82.5. The molecule has 33 heteroatoms. The molecule has 111 heavy (non-hydrogen) atoms. The van der Waals surface area contributed by atoms with E-state index in [9.17, 15) is 45.5 Å². The van der Waals surface area contributed by atoms with Crippen LogP contribution in [-0.4, -0.2) is 314 Å². The van der Waals surface area contributed by atoms with Crippen LogP contribution in [0.3, 0.4) is 0 Å². The van der Waals surface area contributed by atoms with Crippen molar-refractivity contribution < 1.29 is 98.1 Å². The zero-order valence-corrected chi connectivity index (χ0v) is 67.8. The molecule has 0 aromatic carbocycles. The van der Waals surface area contributed by atoms with Crippen LogP contribution in [0.25, 0.3) is 0 Å². The summed E-state index contributed by atoms with van der Waals surface area (Å²) >= 11 is 0. The van der Waals surface area contributed by atoms with E-state index < -0.39 is 204 Å². The third-order valence-corrected chi connectivity index (χ3v) is 25.3. The molecular weight excluding hydrogens is 1460 g/mol. The third kappa shape index (κ3) is 21.2. The van der Waals surface area contributed by atoms with Gasteiger partial charge in [0.1, 0.15) is 59.9 Å². The van der Waals surface area contributed by atoms with Crippen molar-refractivity contribution in [3.05, 3.63) is 12.2 Å². The van der Waals surface area contributed by atoms with Crippen LogP contribution < -0.4 is 10.6 Å². The molecule has 0 aromatic rings. The molecule has 27 nitrogen and oxygen atoms in total. The first-order valence-electron chi connectivity index (χ1n) is 40.1. The van der Waals surface area contributed by atoms with Crippen LogP contribution in [-0.2, 0) is 71.7 Å². The Kier molecular flexibility index (Phi) is 32.6. The van der Waals surface area contributed by atoms with E-state index in [1.165, 1.54) is 97.8 Å².